The zero-order chi connectivity index (χ0) is 10.6. The predicted molar refractivity (Wildman–Crippen MR) is 73.8 cm³/mol. The fourth-order valence-electron chi connectivity index (χ4n) is 1.01. The standard InChI is InChI=1S/C10H13IN2S/c1-3-12-10(14)13-8-5-4-7(2)9(11)6-8/h4-6H,3H2,1-2H3,(H2,12,13,14). The van der Waals surface area contributed by atoms with Crippen molar-refractivity contribution in [1.29, 1.82) is 0 Å². The van der Waals surface area contributed by atoms with Crippen LogP contribution < -0.4 is 10.6 Å². The summed E-state index contributed by atoms with van der Waals surface area (Å²) in [5.74, 6) is 0. The molecule has 0 saturated heterocycles. The molecule has 1 rings (SSSR count). The minimum absolute atomic E-state index is 0.673. The number of nitrogens with one attached hydrogen (secondary N) is 2. The van der Waals surface area contributed by atoms with E-state index in [1.165, 1.54) is 9.13 Å². The smallest absolute Gasteiger partial charge is 0.170 e. The van der Waals surface area contributed by atoms with Crippen molar-refractivity contribution in [2.75, 3.05) is 11.9 Å². The van der Waals surface area contributed by atoms with Crippen molar-refractivity contribution in [1.82, 2.24) is 5.32 Å². The van der Waals surface area contributed by atoms with E-state index in [1.807, 2.05) is 13.0 Å². The van der Waals surface area contributed by atoms with Crippen LogP contribution in [0.4, 0.5) is 5.69 Å². The average Bonchev–Trinajstić information content (AvgIpc) is 2.12. The molecule has 0 heterocycles. The molecule has 0 aliphatic carbocycles. The van der Waals surface area contributed by atoms with Gasteiger partial charge in [0.2, 0.25) is 0 Å². The summed E-state index contributed by atoms with van der Waals surface area (Å²) in [4.78, 5) is 0. The van der Waals surface area contributed by atoms with E-state index < -0.39 is 0 Å². The highest BCUT2D eigenvalue weighted by atomic mass is 127. The third-order valence-corrected chi connectivity index (χ3v) is 3.18. The molecule has 4 heteroatoms. The molecule has 0 radical (unpaired) electrons. The van der Waals surface area contributed by atoms with Crippen molar-refractivity contribution in [3.63, 3.8) is 0 Å². The first-order valence-corrected chi connectivity index (χ1v) is 5.93. The van der Waals surface area contributed by atoms with Crippen LogP contribution >= 0.6 is 34.8 Å². The van der Waals surface area contributed by atoms with Gasteiger partial charge in [0.25, 0.3) is 0 Å². The molecule has 0 aliphatic rings. The van der Waals surface area contributed by atoms with Crippen LogP contribution in [0, 0.1) is 10.5 Å². The molecule has 2 N–H and O–H groups in total. The summed E-state index contributed by atoms with van der Waals surface area (Å²) in [6.07, 6.45) is 0. The number of hydrogen-bond donors (Lipinski definition) is 2. The Morgan fingerprint density at radius 3 is 2.79 bits per heavy atom. The monoisotopic (exact) mass is 320 g/mol. The maximum absolute atomic E-state index is 5.09. The molecule has 0 saturated carbocycles. The largest absolute Gasteiger partial charge is 0.363 e. The Labute approximate surface area is 104 Å². The van der Waals surface area contributed by atoms with Crippen molar-refractivity contribution in [3.8, 4) is 0 Å². The van der Waals surface area contributed by atoms with Crippen molar-refractivity contribution in [2.24, 2.45) is 0 Å². The molecule has 0 aromatic heterocycles. The highest BCUT2D eigenvalue weighted by Crippen LogP contribution is 2.16. The minimum atomic E-state index is 0.673. The van der Waals surface area contributed by atoms with Crippen molar-refractivity contribution < 1.29 is 0 Å². The first-order chi connectivity index (χ1) is 6.63. The summed E-state index contributed by atoms with van der Waals surface area (Å²) in [6.45, 7) is 4.95. The first kappa shape index (κ1) is 11.7. The van der Waals surface area contributed by atoms with Crippen molar-refractivity contribution in [2.45, 2.75) is 13.8 Å². The predicted octanol–water partition coefficient (Wildman–Crippen LogP) is 2.91. The van der Waals surface area contributed by atoms with Crippen molar-refractivity contribution in [3.05, 3.63) is 27.3 Å². The molecule has 0 atom stereocenters. The fraction of sp³-hybridized carbons (Fsp3) is 0.300. The Balaban J connectivity index is 2.68. The van der Waals surface area contributed by atoms with Crippen LogP contribution in [0.1, 0.15) is 12.5 Å². The minimum Gasteiger partial charge on any atom is -0.363 e. The SMILES string of the molecule is CCNC(=S)Nc1ccc(C)c(I)c1. The Morgan fingerprint density at radius 2 is 2.21 bits per heavy atom. The van der Waals surface area contributed by atoms with E-state index in [9.17, 15) is 0 Å². The quantitative estimate of drug-likeness (QED) is 0.647. The molecular formula is C10H13IN2S. The van der Waals surface area contributed by atoms with Crippen LogP contribution in [0.3, 0.4) is 0 Å². The van der Waals surface area contributed by atoms with Gasteiger partial charge in [-0.25, -0.2) is 0 Å². The number of thiocarbonyl (C=S) groups is 1. The van der Waals surface area contributed by atoms with Crippen LogP contribution in [0.2, 0.25) is 0 Å². The molecule has 0 unspecified atom stereocenters. The second-order valence-corrected chi connectivity index (χ2v) is 4.52. The number of benzene rings is 1. The first-order valence-electron chi connectivity index (χ1n) is 4.44. The maximum Gasteiger partial charge on any atom is 0.170 e. The third kappa shape index (κ3) is 3.42. The van der Waals surface area contributed by atoms with Crippen LogP contribution in [-0.4, -0.2) is 11.7 Å². The van der Waals surface area contributed by atoms with Gasteiger partial charge in [-0.05, 0) is 66.4 Å². The zero-order valence-electron chi connectivity index (χ0n) is 8.23. The van der Waals surface area contributed by atoms with E-state index in [2.05, 4.69) is 52.3 Å². The number of aryl methyl sites for hydroxylation is 1. The van der Waals surface area contributed by atoms with E-state index in [4.69, 9.17) is 12.2 Å². The second-order valence-electron chi connectivity index (χ2n) is 2.95. The number of anilines is 1. The molecule has 76 valence electrons. The molecular weight excluding hydrogens is 307 g/mol. The van der Waals surface area contributed by atoms with Gasteiger partial charge in [0.1, 0.15) is 0 Å². The highest BCUT2D eigenvalue weighted by molar-refractivity contribution is 14.1. The lowest BCUT2D eigenvalue weighted by Crippen LogP contribution is -2.27. The lowest BCUT2D eigenvalue weighted by molar-refractivity contribution is 0.979. The second kappa shape index (κ2) is 5.50. The summed E-state index contributed by atoms with van der Waals surface area (Å²) in [6, 6.07) is 6.19. The van der Waals surface area contributed by atoms with E-state index in [0.717, 1.165) is 12.2 Å². The lowest BCUT2D eigenvalue weighted by Gasteiger charge is -2.09. The van der Waals surface area contributed by atoms with E-state index in [-0.39, 0.29) is 0 Å². The number of halogens is 1. The third-order valence-electron chi connectivity index (χ3n) is 1.77. The molecule has 1 aromatic carbocycles. The van der Waals surface area contributed by atoms with Crippen LogP contribution in [0.25, 0.3) is 0 Å². The van der Waals surface area contributed by atoms with E-state index in [1.54, 1.807) is 0 Å². The summed E-state index contributed by atoms with van der Waals surface area (Å²) in [7, 11) is 0. The van der Waals surface area contributed by atoms with Gasteiger partial charge < -0.3 is 10.6 Å². The molecule has 0 bridgehead atoms. The van der Waals surface area contributed by atoms with Gasteiger partial charge in [-0.15, -0.1) is 0 Å². The van der Waals surface area contributed by atoms with E-state index >= 15 is 0 Å². The van der Waals surface area contributed by atoms with Gasteiger partial charge >= 0.3 is 0 Å². The molecule has 2 nitrogen and oxygen atoms in total. The molecule has 0 fully saturated rings. The maximum atomic E-state index is 5.09. The van der Waals surface area contributed by atoms with Gasteiger partial charge in [0.05, 0.1) is 0 Å². The summed E-state index contributed by atoms with van der Waals surface area (Å²) in [5.41, 5.74) is 2.32. The summed E-state index contributed by atoms with van der Waals surface area (Å²) >= 11 is 7.40. The summed E-state index contributed by atoms with van der Waals surface area (Å²) in [5, 5.41) is 6.85. The van der Waals surface area contributed by atoms with Gasteiger partial charge in [-0.1, -0.05) is 6.07 Å². The normalized spacial score (nSPS) is 9.64. The Hall–Kier alpha value is -0.360. The van der Waals surface area contributed by atoms with E-state index in [0.29, 0.717) is 5.11 Å². The Morgan fingerprint density at radius 1 is 1.50 bits per heavy atom. The Bertz CT molecular complexity index is 339. The highest BCUT2D eigenvalue weighted by Gasteiger charge is 1.98. The number of rotatable bonds is 2. The van der Waals surface area contributed by atoms with Crippen molar-refractivity contribution >= 4 is 45.6 Å². The molecule has 0 aliphatic heterocycles. The van der Waals surface area contributed by atoms with Gasteiger partial charge in [-0.3, -0.25) is 0 Å². The Kier molecular flexibility index (Phi) is 4.60. The van der Waals surface area contributed by atoms with Crippen LogP contribution in [0.5, 0.6) is 0 Å². The van der Waals surface area contributed by atoms with Crippen LogP contribution in [0.15, 0.2) is 18.2 Å². The van der Waals surface area contributed by atoms with Gasteiger partial charge in [0.15, 0.2) is 5.11 Å². The fourth-order valence-corrected chi connectivity index (χ4v) is 1.78. The molecule has 0 amide bonds. The average molecular weight is 320 g/mol. The molecule has 1 aromatic rings. The molecule has 0 spiro atoms. The molecule has 14 heavy (non-hydrogen) atoms. The number of hydrogen-bond acceptors (Lipinski definition) is 1. The topological polar surface area (TPSA) is 24.1 Å². The summed E-state index contributed by atoms with van der Waals surface area (Å²) < 4.78 is 1.24. The van der Waals surface area contributed by atoms with Gasteiger partial charge in [-0.2, -0.15) is 0 Å². The van der Waals surface area contributed by atoms with Gasteiger partial charge in [0, 0.05) is 15.8 Å². The lowest BCUT2D eigenvalue weighted by atomic mass is 10.2. The van der Waals surface area contributed by atoms with Crippen LogP contribution in [-0.2, 0) is 0 Å². The zero-order valence-corrected chi connectivity index (χ0v) is 11.2.